The van der Waals surface area contributed by atoms with Crippen LogP contribution in [0.4, 0.5) is 10.8 Å². The minimum Gasteiger partial charge on any atom is -0.399 e. The SMILES string of the molecule is Nc1ccc2nc(NC3CC4CCC3O4)sc2c1. The molecule has 3 heterocycles. The van der Waals surface area contributed by atoms with Gasteiger partial charge in [0.05, 0.1) is 28.5 Å². The molecular formula is C13H15N3OS. The van der Waals surface area contributed by atoms with Gasteiger partial charge in [0, 0.05) is 5.69 Å². The van der Waals surface area contributed by atoms with Crippen LogP contribution in [0.15, 0.2) is 18.2 Å². The van der Waals surface area contributed by atoms with Gasteiger partial charge in [0.2, 0.25) is 0 Å². The van der Waals surface area contributed by atoms with Crippen LogP contribution < -0.4 is 11.1 Å². The average Bonchev–Trinajstić information content (AvgIpc) is 3.02. The first kappa shape index (κ1) is 10.6. The van der Waals surface area contributed by atoms with Crippen molar-refractivity contribution in [3.05, 3.63) is 18.2 Å². The molecule has 0 radical (unpaired) electrons. The third kappa shape index (κ3) is 1.66. The highest BCUT2D eigenvalue weighted by Crippen LogP contribution is 2.37. The van der Waals surface area contributed by atoms with Gasteiger partial charge in [-0.2, -0.15) is 0 Å². The smallest absolute Gasteiger partial charge is 0.184 e. The number of ether oxygens (including phenoxy) is 1. The number of hydrogen-bond acceptors (Lipinski definition) is 5. The maximum atomic E-state index is 5.84. The predicted octanol–water partition coefficient (Wildman–Crippen LogP) is 2.61. The number of fused-ring (bicyclic) bond motifs is 3. The second-order valence-electron chi connectivity index (χ2n) is 5.11. The Hall–Kier alpha value is -1.33. The van der Waals surface area contributed by atoms with Gasteiger partial charge in [0.1, 0.15) is 0 Å². The largest absolute Gasteiger partial charge is 0.399 e. The summed E-state index contributed by atoms with van der Waals surface area (Å²) in [5.74, 6) is 0. The van der Waals surface area contributed by atoms with Crippen LogP contribution in [0, 0.1) is 0 Å². The van der Waals surface area contributed by atoms with E-state index in [1.54, 1.807) is 11.3 Å². The molecule has 2 fully saturated rings. The van der Waals surface area contributed by atoms with E-state index in [1.807, 2.05) is 18.2 Å². The van der Waals surface area contributed by atoms with Crippen molar-refractivity contribution in [1.82, 2.24) is 4.98 Å². The molecule has 1 aromatic heterocycles. The Morgan fingerprint density at radius 3 is 3.11 bits per heavy atom. The number of thiazole rings is 1. The fraction of sp³-hybridized carbons (Fsp3) is 0.462. The van der Waals surface area contributed by atoms with Gasteiger partial charge >= 0.3 is 0 Å². The Labute approximate surface area is 109 Å². The van der Waals surface area contributed by atoms with E-state index in [0.717, 1.165) is 27.5 Å². The van der Waals surface area contributed by atoms with Gasteiger partial charge in [0.15, 0.2) is 5.13 Å². The molecule has 0 aliphatic carbocycles. The third-order valence-corrected chi connectivity index (χ3v) is 4.78. The molecule has 2 bridgehead atoms. The molecule has 4 rings (SSSR count). The maximum Gasteiger partial charge on any atom is 0.184 e. The molecule has 0 spiro atoms. The molecule has 94 valence electrons. The van der Waals surface area contributed by atoms with Gasteiger partial charge in [-0.3, -0.25) is 0 Å². The van der Waals surface area contributed by atoms with Gasteiger partial charge in [-0.1, -0.05) is 11.3 Å². The first-order valence-corrected chi connectivity index (χ1v) is 7.18. The zero-order valence-corrected chi connectivity index (χ0v) is 10.7. The number of nitrogens with zero attached hydrogens (tertiary/aromatic N) is 1. The molecule has 0 amide bonds. The minimum absolute atomic E-state index is 0.382. The van der Waals surface area contributed by atoms with E-state index in [9.17, 15) is 0 Å². The van der Waals surface area contributed by atoms with Crippen molar-refractivity contribution in [2.24, 2.45) is 0 Å². The standard InChI is InChI=1S/C13H15N3OS/c14-7-1-3-9-12(5-7)18-13(15-9)16-10-6-8-2-4-11(10)17-8/h1,3,5,8,10-11H,2,4,6,14H2,(H,15,16). The van der Waals surface area contributed by atoms with Crippen molar-refractivity contribution in [3.8, 4) is 0 Å². The molecule has 2 aliphatic rings. The first-order valence-electron chi connectivity index (χ1n) is 6.36. The molecule has 4 nitrogen and oxygen atoms in total. The van der Waals surface area contributed by atoms with Crippen LogP contribution in [0.5, 0.6) is 0 Å². The topological polar surface area (TPSA) is 60.2 Å². The molecule has 3 N–H and O–H groups in total. The van der Waals surface area contributed by atoms with Gasteiger partial charge in [-0.15, -0.1) is 0 Å². The number of benzene rings is 1. The molecule has 3 unspecified atom stereocenters. The van der Waals surface area contributed by atoms with Crippen LogP contribution in [0.1, 0.15) is 19.3 Å². The summed E-state index contributed by atoms with van der Waals surface area (Å²) in [4.78, 5) is 4.60. The zero-order valence-electron chi connectivity index (χ0n) is 9.93. The third-order valence-electron chi connectivity index (χ3n) is 3.83. The number of nitrogens with two attached hydrogens (primary N) is 1. The van der Waals surface area contributed by atoms with Gasteiger partial charge in [0.25, 0.3) is 0 Å². The minimum atomic E-state index is 0.382. The Kier molecular flexibility index (Phi) is 2.25. The van der Waals surface area contributed by atoms with E-state index in [-0.39, 0.29) is 0 Å². The summed E-state index contributed by atoms with van der Waals surface area (Å²) in [7, 11) is 0. The molecule has 1 aromatic carbocycles. The lowest BCUT2D eigenvalue weighted by molar-refractivity contribution is 0.102. The number of nitrogen functional groups attached to an aromatic ring is 1. The molecule has 2 aliphatic heterocycles. The molecular weight excluding hydrogens is 246 g/mol. The summed E-state index contributed by atoms with van der Waals surface area (Å²) in [6, 6.07) is 6.28. The average molecular weight is 261 g/mol. The lowest BCUT2D eigenvalue weighted by Crippen LogP contribution is -2.30. The number of rotatable bonds is 2. The Balaban J connectivity index is 1.59. The lowest BCUT2D eigenvalue weighted by Gasteiger charge is -2.19. The zero-order chi connectivity index (χ0) is 12.1. The highest BCUT2D eigenvalue weighted by molar-refractivity contribution is 7.22. The highest BCUT2D eigenvalue weighted by Gasteiger charge is 2.40. The van der Waals surface area contributed by atoms with Crippen molar-refractivity contribution in [1.29, 1.82) is 0 Å². The van der Waals surface area contributed by atoms with Crippen LogP contribution in [0.25, 0.3) is 10.2 Å². The quantitative estimate of drug-likeness (QED) is 0.816. The second-order valence-corrected chi connectivity index (χ2v) is 6.14. The van der Waals surface area contributed by atoms with Crippen molar-refractivity contribution in [2.45, 2.75) is 37.5 Å². The van der Waals surface area contributed by atoms with Crippen LogP contribution in [-0.2, 0) is 4.74 Å². The molecule has 18 heavy (non-hydrogen) atoms. The highest BCUT2D eigenvalue weighted by atomic mass is 32.1. The fourth-order valence-electron chi connectivity index (χ4n) is 2.95. The van der Waals surface area contributed by atoms with Crippen LogP contribution in [-0.4, -0.2) is 23.2 Å². The molecule has 2 aromatic rings. The van der Waals surface area contributed by atoms with Crippen molar-refractivity contribution in [2.75, 3.05) is 11.1 Å². The monoisotopic (exact) mass is 261 g/mol. The summed E-state index contributed by atoms with van der Waals surface area (Å²) in [5, 5.41) is 4.51. The lowest BCUT2D eigenvalue weighted by atomic mass is 9.96. The fourth-order valence-corrected chi connectivity index (χ4v) is 3.93. The van der Waals surface area contributed by atoms with Crippen LogP contribution in [0.3, 0.4) is 0 Å². The summed E-state index contributed by atoms with van der Waals surface area (Å²) >= 11 is 1.67. The summed E-state index contributed by atoms with van der Waals surface area (Å²) < 4.78 is 6.98. The Morgan fingerprint density at radius 1 is 1.39 bits per heavy atom. The van der Waals surface area contributed by atoms with Crippen molar-refractivity contribution >= 4 is 32.4 Å². The van der Waals surface area contributed by atoms with E-state index in [2.05, 4.69) is 10.3 Å². The van der Waals surface area contributed by atoms with E-state index in [1.165, 1.54) is 12.8 Å². The number of nitrogens with one attached hydrogen (secondary N) is 1. The first-order chi connectivity index (χ1) is 8.78. The predicted molar refractivity (Wildman–Crippen MR) is 74.0 cm³/mol. The van der Waals surface area contributed by atoms with Crippen molar-refractivity contribution in [3.63, 3.8) is 0 Å². The van der Waals surface area contributed by atoms with E-state index < -0.39 is 0 Å². The summed E-state index contributed by atoms with van der Waals surface area (Å²) in [6.07, 6.45) is 4.37. The van der Waals surface area contributed by atoms with Crippen molar-refractivity contribution < 1.29 is 4.74 Å². The van der Waals surface area contributed by atoms with Gasteiger partial charge in [-0.05, 0) is 37.5 Å². The Bertz CT molecular complexity index is 597. The van der Waals surface area contributed by atoms with E-state index in [0.29, 0.717) is 18.2 Å². The molecule has 5 heteroatoms. The number of anilines is 2. The molecule has 2 saturated heterocycles. The van der Waals surface area contributed by atoms with Gasteiger partial charge < -0.3 is 15.8 Å². The van der Waals surface area contributed by atoms with E-state index >= 15 is 0 Å². The maximum absolute atomic E-state index is 5.84. The van der Waals surface area contributed by atoms with Gasteiger partial charge in [-0.25, -0.2) is 4.98 Å². The molecule has 0 saturated carbocycles. The van der Waals surface area contributed by atoms with E-state index in [4.69, 9.17) is 10.5 Å². The van der Waals surface area contributed by atoms with Crippen LogP contribution in [0.2, 0.25) is 0 Å². The summed E-state index contributed by atoms with van der Waals surface area (Å²) in [5.41, 5.74) is 7.59. The number of aromatic nitrogens is 1. The second kappa shape index (κ2) is 3.83. The molecule has 3 atom stereocenters. The van der Waals surface area contributed by atoms with Crippen LogP contribution >= 0.6 is 11.3 Å². The normalized spacial score (nSPS) is 30.1. The number of hydrogen-bond donors (Lipinski definition) is 2. The summed E-state index contributed by atoms with van der Waals surface area (Å²) in [6.45, 7) is 0. The Morgan fingerprint density at radius 2 is 2.33 bits per heavy atom.